The minimum Gasteiger partial charge on any atom is -0.457 e. The Morgan fingerprint density at radius 1 is 1.24 bits per heavy atom. The number of likely N-dealkylation sites (tertiary alicyclic amines) is 1. The van der Waals surface area contributed by atoms with Gasteiger partial charge in [-0.25, -0.2) is 4.98 Å². The highest BCUT2D eigenvalue weighted by molar-refractivity contribution is 5.92. The van der Waals surface area contributed by atoms with Crippen LogP contribution in [0.3, 0.4) is 0 Å². The maximum absolute atomic E-state index is 12.5. The molecule has 2 aromatic carbocycles. The standard InChI is InChI=1S/C22H25N5O2/c1-16-4-2-6-20(12-16)29-19-9-7-18(8-10-19)25-21(28)14-27-11-3-5-17(13-27)22-23-15-24-26-22/h2,4,6-10,12,15,17H,3,5,11,13-14H2,1H3,(H,25,28)(H,23,24,26)/t17-/m0/s1. The normalized spacial score (nSPS) is 17.1. The Morgan fingerprint density at radius 2 is 2.10 bits per heavy atom. The van der Waals surface area contributed by atoms with Gasteiger partial charge in [-0.15, -0.1) is 0 Å². The van der Waals surface area contributed by atoms with Crippen molar-refractivity contribution in [1.82, 2.24) is 20.1 Å². The third-order valence-corrected chi connectivity index (χ3v) is 5.06. The molecule has 0 bridgehead atoms. The molecule has 3 aromatic rings. The average molecular weight is 391 g/mol. The number of benzene rings is 2. The Morgan fingerprint density at radius 3 is 2.86 bits per heavy atom. The molecule has 7 nitrogen and oxygen atoms in total. The number of nitrogens with zero attached hydrogens (tertiary/aromatic N) is 3. The number of amides is 1. The van der Waals surface area contributed by atoms with Crippen LogP contribution >= 0.6 is 0 Å². The highest BCUT2D eigenvalue weighted by atomic mass is 16.5. The molecule has 1 fully saturated rings. The zero-order valence-electron chi connectivity index (χ0n) is 16.5. The van der Waals surface area contributed by atoms with E-state index in [1.165, 1.54) is 6.33 Å². The van der Waals surface area contributed by atoms with Crippen LogP contribution in [-0.2, 0) is 4.79 Å². The third kappa shape index (κ3) is 5.20. The summed E-state index contributed by atoms with van der Waals surface area (Å²) in [6.07, 6.45) is 3.65. The number of hydrogen-bond acceptors (Lipinski definition) is 5. The van der Waals surface area contributed by atoms with Gasteiger partial charge in [0.1, 0.15) is 23.7 Å². The van der Waals surface area contributed by atoms with Crippen molar-refractivity contribution in [3.63, 3.8) is 0 Å². The van der Waals surface area contributed by atoms with E-state index in [1.54, 1.807) is 0 Å². The molecule has 7 heteroatoms. The molecule has 1 atom stereocenters. The number of ether oxygens (including phenoxy) is 1. The van der Waals surface area contributed by atoms with Gasteiger partial charge in [0.25, 0.3) is 0 Å². The largest absolute Gasteiger partial charge is 0.457 e. The zero-order chi connectivity index (χ0) is 20.1. The molecule has 1 aliphatic heterocycles. The molecular weight excluding hydrogens is 366 g/mol. The van der Waals surface area contributed by atoms with E-state index in [2.05, 4.69) is 25.4 Å². The van der Waals surface area contributed by atoms with Crippen molar-refractivity contribution in [3.05, 3.63) is 66.2 Å². The summed E-state index contributed by atoms with van der Waals surface area (Å²) in [5.41, 5.74) is 1.91. The first-order chi connectivity index (χ1) is 14.2. The van der Waals surface area contributed by atoms with E-state index in [9.17, 15) is 4.79 Å². The molecule has 0 spiro atoms. The maximum atomic E-state index is 12.5. The summed E-state index contributed by atoms with van der Waals surface area (Å²) < 4.78 is 5.85. The van der Waals surface area contributed by atoms with Gasteiger partial charge in [0.05, 0.1) is 6.54 Å². The number of rotatable bonds is 6. The van der Waals surface area contributed by atoms with Crippen LogP contribution in [0.5, 0.6) is 11.5 Å². The summed E-state index contributed by atoms with van der Waals surface area (Å²) in [4.78, 5) is 18.9. The van der Waals surface area contributed by atoms with Crippen LogP contribution in [0, 0.1) is 6.92 Å². The molecule has 0 unspecified atom stereocenters. The van der Waals surface area contributed by atoms with Crippen LogP contribution in [0.25, 0.3) is 0 Å². The molecule has 4 rings (SSSR count). The summed E-state index contributed by atoms with van der Waals surface area (Å²) in [6, 6.07) is 15.3. The van der Waals surface area contributed by atoms with E-state index in [0.29, 0.717) is 12.5 Å². The van der Waals surface area contributed by atoms with Crippen molar-refractivity contribution in [2.24, 2.45) is 0 Å². The van der Waals surface area contributed by atoms with Gasteiger partial charge in [0, 0.05) is 18.2 Å². The molecule has 0 aliphatic carbocycles. The first-order valence-corrected chi connectivity index (χ1v) is 9.88. The Bertz CT molecular complexity index is 940. The second-order valence-corrected chi connectivity index (χ2v) is 7.44. The Balaban J connectivity index is 1.29. The molecule has 1 aromatic heterocycles. The van der Waals surface area contributed by atoms with Crippen LogP contribution in [0.2, 0.25) is 0 Å². The molecule has 29 heavy (non-hydrogen) atoms. The van der Waals surface area contributed by atoms with Crippen LogP contribution in [0.1, 0.15) is 30.1 Å². The quantitative estimate of drug-likeness (QED) is 0.669. The van der Waals surface area contributed by atoms with Crippen molar-refractivity contribution < 1.29 is 9.53 Å². The maximum Gasteiger partial charge on any atom is 0.238 e. The second kappa shape index (κ2) is 8.87. The molecule has 2 heterocycles. The molecule has 1 aliphatic rings. The lowest BCUT2D eigenvalue weighted by atomic mass is 9.97. The predicted octanol–water partition coefficient (Wildman–Crippen LogP) is 3.72. The van der Waals surface area contributed by atoms with Gasteiger partial charge in [-0.1, -0.05) is 12.1 Å². The monoisotopic (exact) mass is 391 g/mol. The van der Waals surface area contributed by atoms with E-state index < -0.39 is 0 Å². The number of H-pyrrole nitrogens is 1. The fraction of sp³-hybridized carbons (Fsp3) is 0.318. The minimum atomic E-state index is -0.0180. The lowest BCUT2D eigenvalue weighted by molar-refractivity contribution is -0.117. The second-order valence-electron chi connectivity index (χ2n) is 7.44. The molecular formula is C22H25N5O2. The van der Waals surface area contributed by atoms with E-state index in [1.807, 2.05) is 55.5 Å². The number of aromatic nitrogens is 3. The molecule has 0 saturated carbocycles. The minimum absolute atomic E-state index is 0.0180. The number of piperidine rings is 1. The van der Waals surface area contributed by atoms with Gasteiger partial charge in [0.2, 0.25) is 5.91 Å². The summed E-state index contributed by atoms with van der Waals surface area (Å²) in [5.74, 6) is 2.72. The van der Waals surface area contributed by atoms with Crippen molar-refractivity contribution in [2.75, 3.05) is 25.0 Å². The number of carbonyl (C=O) groups is 1. The summed E-state index contributed by atoms with van der Waals surface area (Å²) in [6.45, 7) is 4.13. The highest BCUT2D eigenvalue weighted by Crippen LogP contribution is 2.25. The first-order valence-electron chi connectivity index (χ1n) is 9.88. The zero-order valence-corrected chi connectivity index (χ0v) is 16.5. The summed E-state index contributed by atoms with van der Waals surface area (Å²) in [5, 5.41) is 9.85. The smallest absolute Gasteiger partial charge is 0.238 e. The number of carbonyl (C=O) groups excluding carboxylic acids is 1. The first kappa shape index (κ1) is 19.1. The van der Waals surface area contributed by atoms with E-state index in [0.717, 1.165) is 54.5 Å². The van der Waals surface area contributed by atoms with Crippen LogP contribution < -0.4 is 10.1 Å². The van der Waals surface area contributed by atoms with Crippen LogP contribution in [0.4, 0.5) is 5.69 Å². The fourth-order valence-corrected chi connectivity index (χ4v) is 3.66. The van der Waals surface area contributed by atoms with Gasteiger partial charge >= 0.3 is 0 Å². The highest BCUT2D eigenvalue weighted by Gasteiger charge is 2.24. The SMILES string of the molecule is Cc1cccc(Oc2ccc(NC(=O)CN3CCC[C@H](c4ncn[nH]4)C3)cc2)c1. The Labute approximate surface area is 170 Å². The van der Waals surface area contributed by atoms with E-state index in [4.69, 9.17) is 4.74 Å². The number of aromatic amines is 1. The summed E-state index contributed by atoms with van der Waals surface area (Å²) in [7, 11) is 0. The number of anilines is 1. The van der Waals surface area contributed by atoms with E-state index in [-0.39, 0.29) is 5.91 Å². The van der Waals surface area contributed by atoms with Gasteiger partial charge in [-0.3, -0.25) is 14.8 Å². The van der Waals surface area contributed by atoms with Crippen molar-refractivity contribution in [1.29, 1.82) is 0 Å². The third-order valence-electron chi connectivity index (χ3n) is 5.06. The summed E-state index contributed by atoms with van der Waals surface area (Å²) >= 11 is 0. The molecule has 2 N–H and O–H groups in total. The molecule has 1 saturated heterocycles. The van der Waals surface area contributed by atoms with Crippen LogP contribution in [-0.4, -0.2) is 45.6 Å². The molecule has 0 radical (unpaired) electrons. The van der Waals surface area contributed by atoms with Gasteiger partial charge < -0.3 is 10.1 Å². The van der Waals surface area contributed by atoms with Gasteiger partial charge in [-0.05, 0) is 68.3 Å². The molecule has 150 valence electrons. The average Bonchev–Trinajstić information content (AvgIpc) is 3.25. The van der Waals surface area contributed by atoms with Crippen molar-refractivity contribution >= 4 is 11.6 Å². The van der Waals surface area contributed by atoms with Crippen molar-refractivity contribution in [2.45, 2.75) is 25.7 Å². The van der Waals surface area contributed by atoms with Crippen LogP contribution in [0.15, 0.2) is 54.9 Å². The number of nitrogens with one attached hydrogen (secondary N) is 2. The number of aryl methyl sites for hydroxylation is 1. The Kier molecular flexibility index (Phi) is 5.86. The number of hydrogen-bond donors (Lipinski definition) is 2. The molecule has 1 amide bonds. The lowest BCUT2D eigenvalue weighted by Gasteiger charge is -2.30. The predicted molar refractivity (Wildman–Crippen MR) is 111 cm³/mol. The lowest BCUT2D eigenvalue weighted by Crippen LogP contribution is -2.40. The fourth-order valence-electron chi connectivity index (χ4n) is 3.66. The topological polar surface area (TPSA) is 83.1 Å². The van der Waals surface area contributed by atoms with Gasteiger partial charge in [0.15, 0.2) is 0 Å². The van der Waals surface area contributed by atoms with Crippen molar-refractivity contribution in [3.8, 4) is 11.5 Å². The Hall–Kier alpha value is -3.19. The van der Waals surface area contributed by atoms with E-state index >= 15 is 0 Å². The van der Waals surface area contributed by atoms with Gasteiger partial charge in [-0.2, -0.15) is 5.10 Å².